The molecule has 1 heterocycles. The lowest BCUT2D eigenvalue weighted by molar-refractivity contribution is -0.164. The van der Waals surface area contributed by atoms with Crippen molar-refractivity contribution < 1.29 is 14.3 Å². The van der Waals surface area contributed by atoms with Gasteiger partial charge in [-0.2, -0.15) is 0 Å². The highest BCUT2D eigenvalue weighted by Gasteiger charge is 2.60. The van der Waals surface area contributed by atoms with Crippen LogP contribution in [0.25, 0.3) is 0 Å². The molecule has 0 saturated heterocycles. The maximum Gasteiger partial charge on any atom is 0.311 e. The molecule has 1 unspecified atom stereocenters. The molecule has 1 N–H and O–H groups in total. The highest BCUT2D eigenvalue weighted by atomic mass is 16.5. The zero-order valence-electron chi connectivity index (χ0n) is 19.1. The molecule has 0 radical (unpaired) electrons. The number of hydrogen-bond donors (Lipinski definition) is 1. The fourth-order valence-electron chi connectivity index (χ4n) is 7.57. The monoisotopic (exact) mass is 401 g/mol. The molecule has 3 fully saturated rings. The van der Waals surface area contributed by atoms with E-state index < -0.39 is 5.41 Å². The van der Waals surface area contributed by atoms with Crippen molar-refractivity contribution in [2.75, 3.05) is 0 Å². The summed E-state index contributed by atoms with van der Waals surface area (Å²) in [6, 6.07) is 0.287. The molecule has 1 amide bonds. The Labute approximate surface area is 176 Å². The lowest BCUT2D eigenvalue weighted by atomic mass is 9.47. The smallest absolute Gasteiger partial charge is 0.311 e. The topological polar surface area (TPSA) is 55.4 Å². The van der Waals surface area contributed by atoms with Gasteiger partial charge < -0.3 is 10.1 Å². The number of carbonyl (C=O) groups is 2. The van der Waals surface area contributed by atoms with E-state index in [4.69, 9.17) is 4.74 Å². The van der Waals surface area contributed by atoms with Gasteiger partial charge in [0.05, 0.1) is 5.41 Å². The van der Waals surface area contributed by atoms with Crippen LogP contribution in [0, 0.1) is 39.9 Å². The summed E-state index contributed by atoms with van der Waals surface area (Å²) in [7, 11) is 0. The normalized spacial score (nSPS) is 44.9. The number of esters is 1. The van der Waals surface area contributed by atoms with Crippen LogP contribution in [0.5, 0.6) is 0 Å². The summed E-state index contributed by atoms with van der Waals surface area (Å²) in [6.45, 7) is 12.8. The van der Waals surface area contributed by atoms with E-state index in [1.807, 2.05) is 20.8 Å². The molecule has 4 rings (SSSR count). The van der Waals surface area contributed by atoms with Gasteiger partial charge in [-0.1, -0.05) is 19.9 Å². The van der Waals surface area contributed by atoms with Crippen LogP contribution in [0.4, 0.5) is 0 Å². The second kappa shape index (κ2) is 6.85. The van der Waals surface area contributed by atoms with E-state index in [0.717, 1.165) is 12.8 Å². The zero-order chi connectivity index (χ0) is 21.2. The van der Waals surface area contributed by atoms with Crippen molar-refractivity contribution in [1.82, 2.24) is 5.32 Å². The van der Waals surface area contributed by atoms with Crippen LogP contribution in [0.3, 0.4) is 0 Å². The zero-order valence-corrected chi connectivity index (χ0v) is 19.1. The minimum Gasteiger partial charge on any atom is -0.462 e. The van der Waals surface area contributed by atoms with Crippen LogP contribution >= 0.6 is 0 Å². The quantitative estimate of drug-likeness (QED) is 0.671. The standard InChI is InChI=1S/C25H39NO3/c1-15(29-22(28)23(2,3)4)17-8-9-18-16-7-10-20-25(6,14-12-21(27)26-20)19(16)11-13-24(17,18)5/h12,14-20H,7-11,13H2,1-6H3,(H,26,27)/t15?,16-,17+,18-,19-,20+,24+,25+/m0/s1. The molecule has 4 aliphatic rings. The SMILES string of the molecule is CC(OC(=O)C(C)(C)C)[C@H]1CC[C@H]2[C@@H]3CC[C@H]4NC(=O)C=C[C@]4(C)[C@H]3CC[C@]12C. The Morgan fingerprint density at radius 3 is 2.55 bits per heavy atom. The van der Waals surface area contributed by atoms with Gasteiger partial charge in [0, 0.05) is 17.4 Å². The van der Waals surface area contributed by atoms with Crippen molar-refractivity contribution in [1.29, 1.82) is 0 Å². The molecule has 0 aromatic carbocycles. The molecule has 0 aromatic heterocycles. The van der Waals surface area contributed by atoms with Gasteiger partial charge in [-0.25, -0.2) is 0 Å². The highest BCUT2D eigenvalue weighted by molar-refractivity contribution is 5.89. The maximum atomic E-state index is 12.5. The third-order valence-corrected chi connectivity index (χ3v) is 9.23. The first kappa shape index (κ1) is 20.9. The third-order valence-electron chi connectivity index (χ3n) is 9.23. The van der Waals surface area contributed by atoms with Gasteiger partial charge in [0.15, 0.2) is 0 Å². The Bertz CT molecular complexity index is 722. The molecule has 0 bridgehead atoms. The molecule has 162 valence electrons. The number of fused-ring (bicyclic) bond motifs is 5. The van der Waals surface area contributed by atoms with Crippen LogP contribution in [-0.4, -0.2) is 24.0 Å². The van der Waals surface area contributed by atoms with Crippen molar-refractivity contribution in [2.45, 2.75) is 92.2 Å². The largest absolute Gasteiger partial charge is 0.462 e. The van der Waals surface area contributed by atoms with E-state index in [0.29, 0.717) is 23.7 Å². The fourth-order valence-corrected chi connectivity index (χ4v) is 7.57. The summed E-state index contributed by atoms with van der Waals surface area (Å²) in [5.74, 6) is 2.49. The van der Waals surface area contributed by atoms with Crippen molar-refractivity contribution >= 4 is 11.9 Å². The van der Waals surface area contributed by atoms with Crippen LogP contribution in [0.1, 0.15) is 80.1 Å². The van der Waals surface area contributed by atoms with Crippen LogP contribution in [0.15, 0.2) is 12.2 Å². The predicted octanol–water partition coefficient (Wildman–Crippen LogP) is 4.88. The molecule has 8 atom stereocenters. The summed E-state index contributed by atoms with van der Waals surface area (Å²) >= 11 is 0. The average Bonchev–Trinajstić information content (AvgIpc) is 2.98. The number of hydrogen-bond acceptors (Lipinski definition) is 3. The lowest BCUT2D eigenvalue weighted by Crippen LogP contribution is -2.59. The fraction of sp³-hybridized carbons (Fsp3) is 0.840. The van der Waals surface area contributed by atoms with E-state index in [9.17, 15) is 9.59 Å². The Morgan fingerprint density at radius 1 is 1.14 bits per heavy atom. The summed E-state index contributed by atoms with van der Waals surface area (Å²) in [5, 5.41) is 3.24. The van der Waals surface area contributed by atoms with E-state index in [2.05, 4.69) is 32.2 Å². The van der Waals surface area contributed by atoms with Gasteiger partial charge >= 0.3 is 5.97 Å². The van der Waals surface area contributed by atoms with Gasteiger partial charge in [-0.3, -0.25) is 9.59 Å². The number of carbonyl (C=O) groups excluding carboxylic acids is 2. The molecule has 3 saturated carbocycles. The summed E-state index contributed by atoms with van der Waals surface area (Å²) in [6.07, 6.45) is 11.1. The maximum absolute atomic E-state index is 12.5. The van der Waals surface area contributed by atoms with Crippen molar-refractivity contribution in [3.05, 3.63) is 12.2 Å². The van der Waals surface area contributed by atoms with Gasteiger partial charge in [0.2, 0.25) is 5.91 Å². The van der Waals surface area contributed by atoms with Crippen LogP contribution in [0.2, 0.25) is 0 Å². The summed E-state index contributed by atoms with van der Waals surface area (Å²) in [5.41, 5.74) is -0.111. The Balaban J connectivity index is 1.54. The number of rotatable bonds is 2. The highest BCUT2D eigenvalue weighted by Crippen LogP contribution is 2.65. The van der Waals surface area contributed by atoms with Crippen LogP contribution in [-0.2, 0) is 14.3 Å². The van der Waals surface area contributed by atoms with Crippen molar-refractivity contribution in [2.24, 2.45) is 39.9 Å². The summed E-state index contributed by atoms with van der Waals surface area (Å²) < 4.78 is 5.97. The first-order chi connectivity index (χ1) is 13.5. The summed E-state index contributed by atoms with van der Waals surface area (Å²) in [4.78, 5) is 24.4. The number of ether oxygens (including phenoxy) is 1. The molecular formula is C25H39NO3. The van der Waals surface area contributed by atoms with Crippen molar-refractivity contribution in [3.8, 4) is 0 Å². The molecule has 3 aliphatic carbocycles. The second-order valence-electron chi connectivity index (χ2n) is 11.8. The molecule has 0 spiro atoms. The predicted molar refractivity (Wildman–Crippen MR) is 114 cm³/mol. The van der Waals surface area contributed by atoms with Gasteiger partial charge in [0.1, 0.15) is 6.10 Å². The Morgan fingerprint density at radius 2 is 1.86 bits per heavy atom. The molecule has 4 heteroatoms. The number of nitrogens with one attached hydrogen (secondary N) is 1. The van der Waals surface area contributed by atoms with Gasteiger partial charge in [-0.15, -0.1) is 0 Å². The molecule has 29 heavy (non-hydrogen) atoms. The lowest BCUT2D eigenvalue weighted by Gasteiger charge is -2.59. The van der Waals surface area contributed by atoms with E-state index in [1.165, 1.54) is 25.7 Å². The second-order valence-corrected chi connectivity index (χ2v) is 11.8. The minimum atomic E-state index is -0.449. The van der Waals surface area contributed by atoms with E-state index in [1.54, 1.807) is 6.08 Å². The average molecular weight is 402 g/mol. The first-order valence-corrected chi connectivity index (χ1v) is 11.7. The van der Waals surface area contributed by atoms with Gasteiger partial charge in [-0.05, 0) is 95.5 Å². The molecule has 0 aromatic rings. The Kier molecular flexibility index (Phi) is 4.94. The van der Waals surface area contributed by atoms with Crippen LogP contribution < -0.4 is 5.32 Å². The van der Waals surface area contributed by atoms with Gasteiger partial charge in [0.25, 0.3) is 0 Å². The Hall–Kier alpha value is -1.32. The molecular weight excluding hydrogens is 362 g/mol. The van der Waals surface area contributed by atoms with Crippen molar-refractivity contribution in [3.63, 3.8) is 0 Å². The first-order valence-electron chi connectivity index (χ1n) is 11.7. The van der Waals surface area contributed by atoms with E-state index in [-0.39, 0.29) is 34.9 Å². The molecule has 4 nitrogen and oxygen atoms in total. The third kappa shape index (κ3) is 3.25. The molecule has 1 aliphatic heterocycles. The van der Waals surface area contributed by atoms with E-state index >= 15 is 0 Å². The minimum absolute atomic E-state index is 0.0194. The number of amides is 1.